The molecule has 2 radical (unpaired) electrons. The Morgan fingerprint density at radius 1 is 1.33 bits per heavy atom. The summed E-state index contributed by atoms with van der Waals surface area (Å²) in [6.07, 6.45) is 4.20. The lowest BCUT2D eigenvalue weighted by molar-refractivity contribution is 0.243. The van der Waals surface area contributed by atoms with Crippen LogP contribution in [0.3, 0.4) is 0 Å². The highest BCUT2D eigenvalue weighted by Gasteiger charge is 2.28. The summed E-state index contributed by atoms with van der Waals surface area (Å²) in [7, 11) is 6.49. The third-order valence-corrected chi connectivity index (χ3v) is 4.33. The van der Waals surface area contributed by atoms with Crippen molar-refractivity contribution in [3.63, 3.8) is 0 Å². The third-order valence-electron chi connectivity index (χ3n) is 3.24. The van der Waals surface area contributed by atoms with Crippen LogP contribution >= 0.6 is 8.46 Å². The summed E-state index contributed by atoms with van der Waals surface area (Å²) in [6.45, 7) is 7.05. The number of rotatable bonds is 2. The Morgan fingerprint density at radius 3 is 2.50 bits per heavy atom. The van der Waals surface area contributed by atoms with Gasteiger partial charge in [-0.1, -0.05) is 27.2 Å². The molecule has 1 aliphatic carbocycles. The summed E-state index contributed by atoms with van der Waals surface area (Å²) in [5.41, 5.74) is 0.828. The zero-order chi connectivity index (χ0) is 9.14. The number of hydrogen-bond acceptors (Lipinski definition) is 0. The fraction of sp³-hybridized carbons (Fsp3) is 1.00. The maximum atomic E-state index is 5.82. The Bertz CT molecular complexity index is 136. The first kappa shape index (κ1) is 10.6. The van der Waals surface area contributed by atoms with E-state index >= 15 is 0 Å². The molecule has 0 aromatic heterocycles. The second-order valence-electron chi connectivity index (χ2n) is 4.60. The van der Waals surface area contributed by atoms with Crippen LogP contribution in [-0.2, 0) is 0 Å². The van der Waals surface area contributed by atoms with Gasteiger partial charge in [0.25, 0.3) is 0 Å². The van der Waals surface area contributed by atoms with Crippen molar-refractivity contribution in [3.8, 4) is 0 Å². The molecule has 0 bridgehead atoms. The Hall–Kier alpha value is 0.495. The lowest BCUT2D eigenvalue weighted by atomic mass is 9.77. The zero-order valence-electron chi connectivity index (χ0n) is 8.51. The molecule has 0 N–H and O–H groups in total. The molecule has 4 atom stereocenters. The highest BCUT2D eigenvalue weighted by Crippen LogP contribution is 2.41. The summed E-state index contributed by atoms with van der Waals surface area (Å²) >= 11 is 0. The molecule has 1 saturated carbocycles. The van der Waals surface area contributed by atoms with Crippen molar-refractivity contribution < 1.29 is 0 Å². The van der Waals surface area contributed by atoms with Gasteiger partial charge in [-0.25, -0.2) is 0 Å². The van der Waals surface area contributed by atoms with Crippen LogP contribution in [-0.4, -0.2) is 13.2 Å². The molecule has 1 aliphatic rings. The van der Waals surface area contributed by atoms with Crippen molar-refractivity contribution in [2.24, 2.45) is 17.8 Å². The fourth-order valence-electron chi connectivity index (χ4n) is 2.39. The smallest absolute Gasteiger partial charge is 0.104 e. The molecule has 0 aliphatic heterocycles. The minimum absolute atomic E-state index is 0.666. The van der Waals surface area contributed by atoms with Crippen LogP contribution in [0.1, 0.15) is 40.0 Å². The Kier molecular flexibility index (Phi) is 4.10. The van der Waals surface area contributed by atoms with Gasteiger partial charge in [-0.05, 0) is 36.3 Å². The quantitative estimate of drug-likeness (QED) is 0.454. The number of hydrogen-bond donors (Lipinski definition) is 0. The third kappa shape index (κ3) is 2.49. The predicted molar refractivity (Wildman–Crippen MR) is 59.2 cm³/mol. The van der Waals surface area contributed by atoms with Gasteiger partial charge in [0.15, 0.2) is 0 Å². The topological polar surface area (TPSA) is 0 Å². The van der Waals surface area contributed by atoms with Crippen LogP contribution < -0.4 is 0 Å². The van der Waals surface area contributed by atoms with Crippen molar-refractivity contribution in [1.29, 1.82) is 0 Å². The first-order valence-electron chi connectivity index (χ1n) is 5.11. The van der Waals surface area contributed by atoms with Crippen LogP contribution in [0.15, 0.2) is 0 Å². The molecule has 0 aromatic carbocycles. The largest absolute Gasteiger partial charge is 0.168 e. The molecule has 2 heteroatoms. The molecule has 0 nitrogen and oxygen atoms in total. The zero-order valence-corrected chi connectivity index (χ0v) is 9.51. The van der Waals surface area contributed by atoms with E-state index in [-0.39, 0.29) is 0 Å². The van der Waals surface area contributed by atoms with Gasteiger partial charge in [0, 0.05) is 0 Å². The van der Waals surface area contributed by atoms with E-state index in [4.69, 9.17) is 7.57 Å². The van der Waals surface area contributed by atoms with E-state index in [2.05, 4.69) is 20.8 Å². The fourth-order valence-corrected chi connectivity index (χ4v) is 3.73. The minimum atomic E-state index is 0.666. The normalized spacial score (nSPS) is 38.2. The molecule has 1 rings (SSSR count). The lowest BCUT2D eigenvalue weighted by Gasteiger charge is -2.37. The Labute approximate surface area is 80.0 Å². The van der Waals surface area contributed by atoms with E-state index in [1.165, 1.54) is 19.3 Å². The second-order valence-corrected chi connectivity index (χ2v) is 5.67. The van der Waals surface area contributed by atoms with Crippen LogP contribution in [0.4, 0.5) is 0 Å². The average molecular weight is 182 g/mol. The monoisotopic (exact) mass is 182 g/mol. The maximum absolute atomic E-state index is 5.82. The summed E-state index contributed by atoms with van der Waals surface area (Å²) < 4.78 is 0. The van der Waals surface area contributed by atoms with Crippen LogP contribution in [0.25, 0.3) is 0 Å². The molecule has 0 amide bonds. The van der Waals surface area contributed by atoms with Gasteiger partial charge in [0.05, 0.1) is 0 Å². The molecule has 0 heterocycles. The highest BCUT2D eigenvalue weighted by molar-refractivity contribution is 7.66. The summed E-state index contributed by atoms with van der Waals surface area (Å²) in [4.78, 5) is 0. The van der Waals surface area contributed by atoms with Crippen molar-refractivity contribution >= 4 is 16.0 Å². The van der Waals surface area contributed by atoms with Crippen molar-refractivity contribution in [3.05, 3.63) is 0 Å². The molecule has 1 fully saturated rings. The SMILES string of the molecule is [B]PC1CC(C)CCC1C(C)C. The van der Waals surface area contributed by atoms with E-state index in [1.54, 1.807) is 0 Å². The molecule has 0 spiro atoms. The van der Waals surface area contributed by atoms with Gasteiger partial charge in [-0.2, -0.15) is 8.46 Å². The molecule has 0 saturated heterocycles. The van der Waals surface area contributed by atoms with Crippen LogP contribution in [0, 0.1) is 17.8 Å². The Morgan fingerprint density at radius 2 is 2.00 bits per heavy atom. The summed E-state index contributed by atoms with van der Waals surface area (Å²) in [6, 6.07) is 0. The maximum Gasteiger partial charge on any atom is 0.104 e. The van der Waals surface area contributed by atoms with Gasteiger partial charge in [0.2, 0.25) is 0 Å². The first-order chi connectivity index (χ1) is 5.65. The average Bonchev–Trinajstić information content (AvgIpc) is 2.03. The van der Waals surface area contributed by atoms with E-state index in [0.29, 0.717) is 8.46 Å². The van der Waals surface area contributed by atoms with E-state index in [9.17, 15) is 0 Å². The predicted octanol–water partition coefficient (Wildman–Crippen LogP) is 3.21. The van der Waals surface area contributed by atoms with Gasteiger partial charge < -0.3 is 0 Å². The lowest BCUT2D eigenvalue weighted by Crippen LogP contribution is -2.28. The molecule has 68 valence electrons. The first-order valence-corrected chi connectivity index (χ1v) is 6.26. The van der Waals surface area contributed by atoms with Crippen LogP contribution in [0.5, 0.6) is 0 Å². The van der Waals surface area contributed by atoms with Gasteiger partial charge >= 0.3 is 0 Å². The standard InChI is InChI=1S/C10H20BP/c1-7(2)9-5-4-8(3)6-10(9)12-11/h7-10,12H,4-6H2,1-3H3. The summed E-state index contributed by atoms with van der Waals surface area (Å²) in [5, 5.41) is 0. The van der Waals surface area contributed by atoms with Gasteiger partial charge in [-0.15, -0.1) is 0 Å². The van der Waals surface area contributed by atoms with E-state index in [1.807, 2.05) is 0 Å². The molecule has 4 unspecified atom stereocenters. The minimum Gasteiger partial charge on any atom is -0.168 e. The van der Waals surface area contributed by atoms with Gasteiger partial charge in [0.1, 0.15) is 7.57 Å². The van der Waals surface area contributed by atoms with E-state index < -0.39 is 0 Å². The van der Waals surface area contributed by atoms with Crippen molar-refractivity contribution in [2.45, 2.75) is 45.7 Å². The highest BCUT2D eigenvalue weighted by atomic mass is 31.1. The Balaban J connectivity index is 2.50. The molecule has 0 aromatic rings. The second kappa shape index (κ2) is 4.65. The molecule has 12 heavy (non-hydrogen) atoms. The van der Waals surface area contributed by atoms with Crippen molar-refractivity contribution in [1.82, 2.24) is 0 Å². The van der Waals surface area contributed by atoms with Gasteiger partial charge in [-0.3, -0.25) is 0 Å². The van der Waals surface area contributed by atoms with Crippen molar-refractivity contribution in [2.75, 3.05) is 0 Å². The summed E-state index contributed by atoms with van der Waals surface area (Å²) in [5.74, 6) is 2.66. The van der Waals surface area contributed by atoms with Crippen LogP contribution in [0.2, 0.25) is 0 Å². The van der Waals surface area contributed by atoms with E-state index in [0.717, 1.165) is 23.4 Å². The molecular weight excluding hydrogens is 162 g/mol. The molecular formula is C10H20BP.